The van der Waals surface area contributed by atoms with Crippen LogP contribution in [0.25, 0.3) is 22.2 Å². The topological polar surface area (TPSA) is 113 Å². The first-order valence-corrected chi connectivity index (χ1v) is 10.4. The molecule has 0 spiro atoms. The number of anilines is 2. The minimum atomic E-state index is -0.932. The van der Waals surface area contributed by atoms with Crippen LogP contribution < -0.4 is 10.6 Å². The number of carbonyl (C=O) groups excluding carboxylic acids is 3. The lowest BCUT2D eigenvalue weighted by Gasteiger charge is -2.12. The van der Waals surface area contributed by atoms with E-state index in [-0.39, 0.29) is 0 Å². The highest BCUT2D eigenvalue weighted by Crippen LogP contribution is 2.31. The third kappa shape index (κ3) is 5.19. The molecule has 2 amide bonds. The van der Waals surface area contributed by atoms with Gasteiger partial charge in [-0.15, -0.1) is 0 Å². The van der Waals surface area contributed by atoms with Crippen molar-refractivity contribution < 1.29 is 19.1 Å². The lowest BCUT2D eigenvalue weighted by Crippen LogP contribution is -2.19. The second kappa shape index (κ2) is 9.54. The zero-order valence-electron chi connectivity index (χ0n) is 17.5. The summed E-state index contributed by atoms with van der Waals surface area (Å²) in [5.41, 5.74) is 2.84. The van der Waals surface area contributed by atoms with E-state index < -0.39 is 23.3 Å². The van der Waals surface area contributed by atoms with Crippen molar-refractivity contribution in [1.82, 2.24) is 9.97 Å². The number of ketones is 1. The molecule has 0 fully saturated rings. The van der Waals surface area contributed by atoms with Crippen LogP contribution in [0.5, 0.6) is 0 Å². The van der Waals surface area contributed by atoms with Gasteiger partial charge < -0.3 is 15.0 Å². The van der Waals surface area contributed by atoms with Crippen LogP contribution in [0.3, 0.4) is 0 Å². The standard InChI is InChI=1S/C24H19ClN4O4/c1-14(30)23(31)28-17-9-5-8-16(10-17)20-13-27-22-19(20)11-18(12-26-22)29-24(32)33-21(25)15-6-3-2-4-7-15/h2-13,21H,1H3,(H,26,27)(H,28,31)(H,29,32). The fraction of sp³-hybridized carbons (Fsp3) is 0.0833. The molecule has 0 aliphatic heterocycles. The van der Waals surface area contributed by atoms with Crippen LogP contribution >= 0.6 is 11.6 Å². The number of carbonyl (C=O) groups is 3. The van der Waals surface area contributed by atoms with Gasteiger partial charge in [0.25, 0.3) is 5.91 Å². The number of Topliss-reactive ketones (excluding diaryl/α,β-unsaturated/α-hetero) is 1. The van der Waals surface area contributed by atoms with Crippen molar-refractivity contribution in [2.45, 2.75) is 12.5 Å². The average Bonchev–Trinajstić information content (AvgIpc) is 3.23. The minimum absolute atomic E-state index is 0.423. The van der Waals surface area contributed by atoms with Gasteiger partial charge in [0.15, 0.2) is 0 Å². The largest absolute Gasteiger partial charge is 0.425 e. The fourth-order valence-corrected chi connectivity index (χ4v) is 3.43. The van der Waals surface area contributed by atoms with E-state index in [4.69, 9.17) is 16.3 Å². The number of rotatable bonds is 6. The molecule has 2 aromatic heterocycles. The first-order valence-electron chi connectivity index (χ1n) is 9.97. The van der Waals surface area contributed by atoms with Crippen LogP contribution in [0.4, 0.5) is 16.2 Å². The van der Waals surface area contributed by atoms with Crippen molar-refractivity contribution in [2.75, 3.05) is 10.6 Å². The first kappa shape index (κ1) is 22.0. The van der Waals surface area contributed by atoms with Crippen LogP contribution in [0.2, 0.25) is 0 Å². The third-order valence-electron chi connectivity index (χ3n) is 4.80. The molecule has 33 heavy (non-hydrogen) atoms. The number of aromatic nitrogens is 2. The van der Waals surface area contributed by atoms with Gasteiger partial charge in [-0.05, 0) is 23.8 Å². The number of nitrogens with one attached hydrogen (secondary N) is 3. The molecular weight excluding hydrogens is 444 g/mol. The normalized spacial score (nSPS) is 11.6. The monoisotopic (exact) mass is 462 g/mol. The molecule has 2 heterocycles. The number of H-pyrrole nitrogens is 1. The lowest BCUT2D eigenvalue weighted by atomic mass is 10.0. The van der Waals surface area contributed by atoms with Gasteiger partial charge in [0, 0.05) is 35.3 Å². The lowest BCUT2D eigenvalue weighted by molar-refractivity contribution is -0.133. The molecule has 4 aromatic rings. The Morgan fingerprint density at radius 1 is 1.00 bits per heavy atom. The Bertz CT molecular complexity index is 1340. The molecular formula is C24H19ClN4O4. The summed E-state index contributed by atoms with van der Waals surface area (Å²) in [5, 5.41) is 5.94. The molecule has 9 heteroatoms. The molecule has 1 unspecified atom stereocenters. The Morgan fingerprint density at radius 2 is 1.79 bits per heavy atom. The van der Waals surface area contributed by atoms with Crippen molar-refractivity contribution in [3.63, 3.8) is 0 Å². The van der Waals surface area contributed by atoms with Crippen LogP contribution in [0, 0.1) is 0 Å². The molecule has 0 bridgehead atoms. The number of benzene rings is 2. The summed E-state index contributed by atoms with van der Waals surface area (Å²) in [5.74, 6) is -1.27. The zero-order valence-corrected chi connectivity index (χ0v) is 18.2. The quantitative estimate of drug-likeness (QED) is 0.268. The van der Waals surface area contributed by atoms with Crippen LogP contribution in [-0.4, -0.2) is 27.8 Å². The highest BCUT2D eigenvalue weighted by molar-refractivity contribution is 6.39. The van der Waals surface area contributed by atoms with E-state index >= 15 is 0 Å². The maximum absolute atomic E-state index is 12.3. The smallest absolute Gasteiger partial charge is 0.413 e. The number of alkyl halides is 1. The molecule has 0 aliphatic carbocycles. The second-order valence-corrected chi connectivity index (χ2v) is 7.57. The Morgan fingerprint density at radius 3 is 2.55 bits per heavy atom. The summed E-state index contributed by atoms with van der Waals surface area (Å²) in [6.07, 6.45) is 2.56. The van der Waals surface area contributed by atoms with Crippen molar-refractivity contribution in [3.8, 4) is 11.1 Å². The number of pyridine rings is 1. The summed E-state index contributed by atoms with van der Waals surface area (Å²) >= 11 is 6.17. The number of aromatic amines is 1. The highest BCUT2D eigenvalue weighted by Gasteiger charge is 2.15. The molecule has 8 nitrogen and oxygen atoms in total. The van der Waals surface area contributed by atoms with Gasteiger partial charge in [-0.2, -0.15) is 0 Å². The third-order valence-corrected chi connectivity index (χ3v) is 5.14. The first-order chi connectivity index (χ1) is 15.9. The predicted octanol–water partition coefficient (Wildman–Crippen LogP) is 5.24. The van der Waals surface area contributed by atoms with Crippen LogP contribution in [-0.2, 0) is 14.3 Å². The highest BCUT2D eigenvalue weighted by atomic mass is 35.5. The molecule has 0 saturated carbocycles. The Hall–Kier alpha value is -4.17. The summed E-state index contributed by atoms with van der Waals surface area (Å²) in [6.45, 7) is 1.20. The van der Waals surface area contributed by atoms with E-state index in [1.54, 1.807) is 54.7 Å². The molecule has 2 aromatic carbocycles. The van der Waals surface area contributed by atoms with E-state index in [1.807, 2.05) is 12.1 Å². The molecule has 3 N–H and O–H groups in total. The summed E-state index contributed by atoms with van der Waals surface area (Å²) in [6, 6.07) is 17.8. The van der Waals surface area contributed by atoms with Gasteiger partial charge in [-0.25, -0.2) is 9.78 Å². The average molecular weight is 463 g/mol. The Labute approximate surface area is 193 Å². The van der Waals surface area contributed by atoms with Gasteiger partial charge in [-0.1, -0.05) is 54.1 Å². The van der Waals surface area contributed by atoms with Crippen LogP contribution in [0.1, 0.15) is 18.1 Å². The second-order valence-electron chi connectivity index (χ2n) is 7.17. The SMILES string of the molecule is CC(=O)C(=O)Nc1cccc(-c2c[nH]c3ncc(NC(=O)OC(Cl)c4ccccc4)cc23)c1. The maximum Gasteiger partial charge on any atom is 0.413 e. The van der Waals surface area contributed by atoms with E-state index in [0.29, 0.717) is 22.6 Å². The predicted molar refractivity (Wildman–Crippen MR) is 126 cm³/mol. The van der Waals surface area contributed by atoms with Crippen molar-refractivity contribution in [1.29, 1.82) is 0 Å². The number of amides is 2. The molecule has 4 rings (SSSR count). The molecule has 0 saturated heterocycles. The number of halogens is 1. The minimum Gasteiger partial charge on any atom is -0.425 e. The van der Waals surface area contributed by atoms with E-state index in [0.717, 1.165) is 16.5 Å². The zero-order chi connectivity index (χ0) is 23.4. The van der Waals surface area contributed by atoms with E-state index in [1.165, 1.54) is 13.1 Å². The van der Waals surface area contributed by atoms with Gasteiger partial charge in [0.05, 0.1) is 11.9 Å². The van der Waals surface area contributed by atoms with Gasteiger partial charge in [0.1, 0.15) is 5.65 Å². The number of fused-ring (bicyclic) bond motifs is 1. The van der Waals surface area contributed by atoms with E-state index in [9.17, 15) is 14.4 Å². The Kier molecular flexibility index (Phi) is 6.37. The van der Waals surface area contributed by atoms with Gasteiger partial charge in [0.2, 0.25) is 11.3 Å². The molecule has 166 valence electrons. The molecule has 0 aliphatic rings. The fourth-order valence-electron chi connectivity index (χ4n) is 3.21. The summed E-state index contributed by atoms with van der Waals surface area (Å²) in [4.78, 5) is 42.7. The van der Waals surface area contributed by atoms with Crippen molar-refractivity contribution >= 4 is 51.8 Å². The number of hydrogen-bond acceptors (Lipinski definition) is 5. The van der Waals surface area contributed by atoms with Crippen LogP contribution in [0.15, 0.2) is 73.1 Å². The number of ether oxygens (including phenoxy) is 1. The number of nitrogens with zero attached hydrogens (tertiary/aromatic N) is 1. The van der Waals surface area contributed by atoms with E-state index in [2.05, 4.69) is 20.6 Å². The van der Waals surface area contributed by atoms with Gasteiger partial charge in [-0.3, -0.25) is 14.9 Å². The van der Waals surface area contributed by atoms with Gasteiger partial charge >= 0.3 is 6.09 Å². The van der Waals surface area contributed by atoms with Crippen molar-refractivity contribution in [2.24, 2.45) is 0 Å². The maximum atomic E-state index is 12.3. The number of hydrogen-bond donors (Lipinski definition) is 3. The Balaban J connectivity index is 1.54. The summed E-state index contributed by atoms with van der Waals surface area (Å²) in [7, 11) is 0. The molecule has 1 atom stereocenters. The summed E-state index contributed by atoms with van der Waals surface area (Å²) < 4.78 is 5.23. The van der Waals surface area contributed by atoms with Crippen molar-refractivity contribution in [3.05, 3.63) is 78.6 Å². The molecule has 0 radical (unpaired) electrons.